The van der Waals surface area contributed by atoms with Crippen LogP contribution in [0.15, 0.2) is 36.4 Å². The summed E-state index contributed by atoms with van der Waals surface area (Å²) in [6.45, 7) is 4.81. The number of amides is 1. The first-order valence-electron chi connectivity index (χ1n) is 10.2. The Morgan fingerprint density at radius 2 is 1.53 bits per heavy atom. The molecule has 0 radical (unpaired) electrons. The third-order valence-corrected chi connectivity index (χ3v) is 5.85. The van der Waals surface area contributed by atoms with E-state index in [0.717, 1.165) is 43.2 Å². The smallest absolute Gasteiger partial charge is 0.251 e. The monoisotopic (exact) mass is 411 g/mol. The van der Waals surface area contributed by atoms with E-state index in [1.807, 2.05) is 12.1 Å². The number of nitrogens with one attached hydrogen (secondary N) is 1. The first kappa shape index (κ1) is 19.0. The molecule has 2 aromatic rings. The van der Waals surface area contributed by atoms with Crippen molar-refractivity contribution in [3.05, 3.63) is 47.5 Å². The summed E-state index contributed by atoms with van der Waals surface area (Å²) in [5, 5.41) is 3.10. The van der Waals surface area contributed by atoms with Crippen molar-refractivity contribution < 1.29 is 23.7 Å². The summed E-state index contributed by atoms with van der Waals surface area (Å²) in [6, 6.07) is 11.3. The van der Waals surface area contributed by atoms with E-state index in [1.54, 1.807) is 18.2 Å². The first-order valence-corrected chi connectivity index (χ1v) is 10.2. The van der Waals surface area contributed by atoms with Crippen LogP contribution >= 0.6 is 0 Å². The molecule has 1 atom stereocenters. The quantitative estimate of drug-likeness (QED) is 0.805. The van der Waals surface area contributed by atoms with Gasteiger partial charge in [-0.1, -0.05) is 6.07 Å². The Balaban J connectivity index is 1.33. The second-order valence-electron chi connectivity index (χ2n) is 7.75. The number of nitrogens with zero attached hydrogens (tertiary/aromatic N) is 2. The van der Waals surface area contributed by atoms with Crippen LogP contribution in [0.4, 0.5) is 0 Å². The van der Waals surface area contributed by atoms with Crippen LogP contribution in [0.5, 0.6) is 23.0 Å². The summed E-state index contributed by atoms with van der Waals surface area (Å²) in [7, 11) is 2.13. The number of ether oxygens (including phenoxy) is 4. The fourth-order valence-corrected chi connectivity index (χ4v) is 4.04. The maximum atomic E-state index is 12.8. The Morgan fingerprint density at radius 1 is 0.900 bits per heavy atom. The fourth-order valence-electron chi connectivity index (χ4n) is 4.04. The molecule has 1 saturated heterocycles. The highest BCUT2D eigenvalue weighted by Gasteiger charge is 2.27. The molecular weight excluding hydrogens is 386 g/mol. The zero-order valence-corrected chi connectivity index (χ0v) is 16.9. The Morgan fingerprint density at radius 3 is 2.27 bits per heavy atom. The van der Waals surface area contributed by atoms with E-state index in [0.29, 0.717) is 23.6 Å². The van der Waals surface area contributed by atoms with Crippen LogP contribution in [0, 0.1) is 0 Å². The summed E-state index contributed by atoms with van der Waals surface area (Å²) >= 11 is 0. The molecule has 158 valence electrons. The van der Waals surface area contributed by atoms with Crippen molar-refractivity contribution in [1.82, 2.24) is 15.1 Å². The maximum absolute atomic E-state index is 12.8. The van der Waals surface area contributed by atoms with Crippen molar-refractivity contribution in [2.24, 2.45) is 0 Å². The number of hydrogen-bond donors (Lipinski definition) is 1. The van der Waals surface area contributed by atoms with Crippen molar-refractivity contribution in [3.8, 4) is 23.0 Å². The van der Waals surface area contributed by atoms with Gasteiger partial charge >= 0.3 is 0 Å². The van der Waals surface area contributed by atoms with E-state index < -0.39 is 0 Å². The number of piperazine rings is 1. The molecule has 1 amide bonds. The molecule has 0 bridgehead atoms. The van der Waals surface area contributed by atoms with Gasteiger partial charge in [-0.2, -0.15) is 0 Å². The van der Waals surface area contributed by atoms with Crippen molar-refractivity contribution >= 4 is 5.91 Å². The van der Waals surface area contributed by atoms with Crippen molar-refractivity contribution in [1.29, 1.82) is 0 Å². The summed E-state index contributed by atoms with van der Waals surface area (Å²) in [6.07, 6.45) is 0. The van der Waals surface area contributed by atoms with Gasteiger partial charge in [0.1, 0.15) is 0 Å². The zero-order valence-electron chi connectivity index (χ0n) is 16.9. The molecule has 2 aromatic carbocycles. The van der Waals surface area contributed by atoms with E-state index >= 15 is 0 Å². The summed E-state index contributed by atoms with van der Waals surface area (Å²) in [4.78, 5) is 17.6. The lowest BCUT2D eigenvalue weighted by atomic mass is 10.0. The molecule has 8 nitrogen and oxygen atoms in total. The maximum Gasteiger partial charge on any atom is 0.251 e. The van der Waals surface area contributed by atoms with E-state index in [9.17, 15) is 4.79 Å². The topological polar surface area (TPSA) is 72.5 Å². The lowest BCUT2D eigenvalue weighted by molar-refractivity contribution is 0.0885. The van der Waals surface area contributed by atoms with Gasteiger partial charge in [0.05, 0.1) is 6.04 Å². The van der Waals surface area contributed by atoms with Gasteiger partial charge in [-0.15, -0.1) is 0 Å². The largest absolute Gasteiger partial charge is 0.454 e. The minimum absolute atomic E-state index is 0.0474. The number of likely N-dealkylation sites (N-methyl/N-ethyl adjacent to an activating group) is 1. The lowest BCUT2D eigenvalue weighted by Gasteiger charge is -2.38. The van der Waals surface area contributed by atoms with Gasteiger partial charge in [-0.05, 0) is 42.9 Å². The molecule has 0 unspecified atom stereocenters. The van der Waals surface area contributed by atoms with E-state index in [4.69, 9.17) is 18.9 Å². The average molecular weight is 411 g/mol. The standard InChI is InChI=1S/C22H25N3O5/c1-24-6-8-25(9-7-24)17(15-2-4-18-20(10-15)29-13-27-18)12-23-22(26)16-3-5-19-21(11-16)30-14-28-19/h2-5,10-11,17H,6-9,12-14H2,1H3,(H,23,26)/t17-/m1/s1. The number of carbonyl (C=O) groups is 1. The second kappa shape index (κ2) is 8.04. The van der Waals surface area contributed by atoms with Crippen LogP contribution in [0.2, 0.25) is 0 Å². The number of fused-ring (bicyclic) bond motifs is 2. The molecule has 0 aliphatic carbocycles. The summed E-state index contributed by atoms with van der Waals surface area (Å²) in [5.74, 6) is 2.67. The highest BCUT2D eigenvalue weighted by atomic mass is 16.7. The number of hydrogen-bond acceptors (Lipinski definition) is 7. The van der Waals surface area contributed by atoms with Gasteiger partial charge in [-0.25, -0.2) is 0 Å². The number of carbonyl (C=O) groups excluding carboxylic acids is 1. The highest BCUT2D eigenvalue weighted by Crippen LogP contribution is 2.36. The van der Waals surface area contributed by atoms with Gasteiger partial charge in [0, 0.05) is 38.3 Å². The average Bonchev–Trinajstić information content (AvgIpc) is 3.43. The summed E-state index contributed by atoms with van der Waals surface area (Å²) in [5.41, 5.74) is 1.66. The van der Waals surface area contributed by atoms with Crippen LogP contribution in [-0.4, -0.2) is 69.1 Å². The Labute approximate surface area is 175 Å². The third kappa shape index (κ3) is 3.76. The van der Waals surface area contributed by atoms with E-state index in [2.05, 4.69) is 28.2 Å². The Hall–Kier alpha value is -2.97. The molecule has 0 spiro atoms. The Bertz CT molecular complexity index is 942. The number of rotatable bonds is 5. The minimum atomic E-state index is -0.131. The van der Waals surface area contributed by atoms with Crippen molar-refractivity contribution in [2.75, 3.05) is 53.4 Å². The molecule has 0 saturated carbocycles. The van der Waals surface area contributed by atoms with Crippen LogP contribution in [0.3, 0.4) is 0 Å². The zero-order chi connectivity index (χ0) is 20.5. The van der Waals surface area contributed by atoms with Gasteiger partial charge in [0.2, 0.25) is 13.6 Å². The van der Waals surface area contributed by atoms with Gasteiger partial charge in [0.25, 0.3) is 5.91 Å². The van der Waals surface area contributed by atoms with Gasteiger partial charge in [0.15, 0.2) is 23.0 Å². The molecule has 30 heavy (non-hydrogen) atoms. The summed E-state index contributed by atoms with van der Waals surface area (Å²) < 4.78 is 21.7. The van der Waals surface area contributed by atoms with Gasteiger partial charge in [-0.3, -0.25) is 9.69 Å². The first-order chi connectivity index (χ1) is 14.7. The molecule has 3 aliphatic rings. The van der Waals surface area contributed by atoms with Crippen molar-refractivity contribution in [2.45, 2.75) is 6.04 Å². The molecular formula is C22H25N3O5. The van der Waals surface area contributed by atoms with Gasteiger partial charge < -0.3 is 29.2 Å². The molecule has 3 aliphatic heterocycles. The van der Waals surface area contributed by atoms with Crippen molar-refractivity contribution in [3.63, 3.8) is 0 Å². The molecule has 1 N–H and O–H groups in total. The number of benzene rings is 2. The van der Waals surface area contributed by atoms with Crippen LogP contribution < -0.4 is 24.3 Å². The predicted molar refractivity (Wildman–Crippen MR) is 109 cm³/mol. The van der Waals surface area contributed by atoms with Crippen LogP contribution in [-0.2, 0) is 0 Å². The fraction of sp³-hybridized carbons (Fsp3) is 0.409. The minimum Gasteiger partial charge on any atom is -0.454 e. The normalized spacial score (nSPS) is 19.0. The van der Waals surface area contributed by atoms with E-state index in [-0.39, 0.29) is 25.5 Å². The third-order valence-electron chi connectivity index (χ3n) is 5.85. The Kier molecular flexibility index (Phi) is 5.10. The van der Waals surface area contributed by atoms with E-state index in [1.165, 1.54) is 0 Å². The highest BCUT2D eigenvalue weighted by molar-refractivity contribution is 5.95. The molecule has 1 fully saturated rings. The molecule has 5 rings (SSSR count). The predicted octanol–water partition coefficient (Wildman–Crippen LogP) is 1.86. The molecule has 8 heteroatoms. The molecule has 3 heterocycles. The molecule has 0 aromatic heterocycles. The lowest BCUT2D eigenvalue weighted by Crippen LogP contribution is -2.48. The SMILES string of the molecule is CN1CCN([C@H](CNC(=O)c2ccc3c(c2)OCO3)c2ccc3c(c2)OCO3)CC1. The van der Waals surface area contributed by atoms with Crippen LogP contribution in [0.25, 0.3) is 0 Å². The van der Waals surface area contributed by atoms with Crippen LogP contribution in [0.1, 0.15) is 22.0 Å². The second-order valence-corrected chi connectivity index (χ2v) is 7.75.